The molecule has 2 fully saturated rings. The van der Waals surface area contributed by atoms with Gasteiger partial charge in [0.05, 0.1) is 19.1 Å². The SMILES string of the molecule is COc1ccc(-c2noc([C@@H]3[C@H]4CC[C@@H](C4)N3S(=O)(=O)c3ccccc3)n2)cc1OC. The number of benzene rings is 2. The van der Waals surface area contributed by atoms with Crippen LogP contribution in [0.2, 0.25) is 0 Å². The van der Waals surface area contributed by atoms with Crippen LogP contribution < -0.4 is 9.47 Å². The van der Waals surface area contributed by atoms with E-state index < -0.39 is 16.1 Å². The molecule has 162 valence electrons. The molecule has 1 aromatic heterocycles. The quantitative estimate of drug-likeness (QED) is 0.576. The zero-order valence-electron chi connectivity index (χ0n) is 17.3. The average Bonchev–Trinajstić information content (AvgIpc) is 3.55. The number of hydrogen-bond acceptors (Lipinski definition) is 7. The zero-order valence-corrected chi connectivity index (χ0v) is 18.1. The topological polar surface area (TPSA) is 94.8 Å². The normalized spacial score (nSPS) is 23.2. The minimum Gasteiger partial charge on any atom is -0.493 e. The smallest absolute Gasteiger partial charge is 0.245 e. The lowest BCUT2D eigenvalue weighted by atomic mass is 10.00. The fraction of sp³-hybridized carbons (Fsp3) is 0.364. The number of ether oxygens (including phenoxy) is 2. The molecule has 0 unspecified atom stereocenters. The lowest BCUT2D eigenvalue weighted by molar-refractivity contribution is 0.197. The Morgan fingerprint density at radius 1 is 1.03 bits per heavy atom. The number of methoxy groups -OCH3 is 2. The third kappa shape index (κ3) is 3.28. The maximum Gasteiger partial charge on any atom is 0.245 e. The van der Waals surface area contributed by atoms with Crippen molar-refractivity contribution in [3.63, 3.8) is 0 Å². The van der Waals surface area contributed by atoms with Crippen LogP contribution in [0, 0.1) is 5.92 Å². The van der Waals surface area contributed by atoms with Gasteiger partial charge in [0.25, 0.3) is 0 Å². The van der Waals surface area contributed by atoms with Crippen LogP contribution in [0.25, 0.3) is 11.4 Å². The summed E-state index contributed by atoms with van der Waals surface area (Å²) in [5.41, 5.74) is 0.702. The summed E-state index contributed by atoms with van der Waals surface area (Å²) in [5, 5.41) is 4.13. The number of rotatable bonds is 6. The van der Waals surface area contributed by atoms with Crippen molar-refractivity contribution in [2.45, 2.75) is 36.2 Å². The first-order valence-electron chi connectivity index (χ1n) is 10.2. The molecule has 1 saturated carbocycles. The number of nitrogens with zero attached hydrogens (tertiary/aromatic N) is 3. The standard InChI is InChI=1S/C22H23N3O5S/c1-28-18-11-9-15(13-19(18)29-2)21-23-22(30-24-21)20-14-8-10-16(12-14)25(20)31(26,27)17-6-4-3-5-7-17/h3-7,9,11,13-14,16,20H,8,10,12H2,1-2H3/t14-,16-,20-/m0/s1. The van der Waals surface area contributed by atoms with Gasteiger partial charge in [-0.25, -0.2) is 8.42 Å². The van der Waals surface area contributed by atoms with E-state index in [0.29, 0.717) is 28.8 Å². The van der Waals surface area contributed by atoms with Crippen LogP contribution in [-0.2, 0) is 10.0 Å². The van der Waals surface area contributed by atoms with Gasteiger partial charge < -0.3 is 14.0 Å². The molecule has 2 aromatic carbocycles. The monoisotopic (exact) mass is 441 g/mol. The van der Waals surface area contributed by atoms with Gasteiger partial charge in [0.1, 0.15) is 6.04 Å². The summed E-state index contributed by atoms with van der Waals surface area (Å²) in [6.45, 7) is 0. The lowest BCUT2D eigenvalue weighted by Gasteiger charge is -2.32. The molecule has 5 rings (SSSR count). The van der Waals surface area contributed by atoms with Gasteiger partial charge in [-0.05, 0) is 55.5 Å². The van der Waals surface area contributed by atoms with E-state index in [1.807, 2.05) is 6.07 Å². The molecule has 2 bridgehead atoms. The zero-order chi connectivity index (χ0) is 21.6. The molecule has 1 aliphatic heterocycles. The fourth-order valence-electron chi connectivity index (χ4n) is 4.76. The van der Waals surface area contributed by atoms with E-state index in [4.69, 9.17) is 14.0 Å². The maximum absolute atomic E-state index is 13.4. The van der Waals surface area contributed by atoms with Crippen LogP contribution in [0.4, 0.5) is 0 Å². The molecule has 0 spiro atoms. The summed E-state index contributed by atoms with van der Waals surface area (Å²) in [6, 6.07) is 13.4. The van der Waals surface area contributed by atoms with Crippen molar-refractivity contribution in [2.24, 2.45) is 5.92 Å². The molecule has 0 radical (unpaired) electrons. The highest BCUT2D eigenvalue weighted by atomic mass is 32.2. The number of piperidine rings is 1. The van der Waals surface area contributed by atoms with Gasteiger partial charge in [-0.1, -0.05) is 23.4 Å². The largest absolute Gasteiger partial charge is 0.493 e. The second-order valence-corrected chi connectivity index (χ2v) is 9.69. The average molecular weight is 442 g/mol. The van der Waals surface area contributed by atoms with Crippen molar-refractivity contribution >= 4 is 10.0 Å². The van der Waals surface area contributed by atoms with E-state index in [1.165, 1.54) is 0 Å². The third-order valence-corrected chi connectivity index (χ3v) is 8.13. The fourth-order valence-corrected chi connectivity index (χ4v) is 6.65. The van der Waals surface area contributed by atoms with Gasteiger partial charge in [0.2, 0.25) is 21.7 Å². The van der Waals surface area contributed by atoms with Crippen molar-refractivity contribution in [2.75, 3.05) is 14.2 Å². The summed E-state index contributed by atoms with van der Waals surface area (Å²) in [7, 11) is -0.542. The van der Waals surface area contributed by atoms with Gasteiger partial charge in [0.15, 0.2) is 11.5 Å². The Morgan fingerprint density at radius 2 is 1.81 bits per heavy atom. The predicted octanol–water partition coefficient (Wildman–Crippen LogP) is 3.67. The Balaban J connectivity index is 1.51. The number of aromatic nitrogens is 2. The summed E-state index contributed by atoms with van der Waals surface area (Å²) in [6.07, 6.45) is 2.61. The van der Waals surface area contributed by atoms with Crippen molar-refractivity contribution in [1.82, 2.24) is 14.4 Å². The maximum atomic E-state index is 13.4. The molecular formula is C22H23N3O5S. The number of sulfonamides is 1. The van der Waals surface area contributed by atoms with Crippen LogP contribution in [0.5, 0.6) is 11.5 Å². The van der Waals surface area contributed by atoms with E-state index in [2.05, 4.69) is 10.1 Å². The highest BCUT2D eigenvalue weighted by Crippen LogP contribution is 2.52. The van der Waals surface area contributed by atoms with E-state index in [-0.39, 0.29) is 16.9 Å². The minimum absolute atomic E-state index is 0.0448. The van der Waals surface area contributed by atoms with Crippen LogP contribution in [-0.4, -0.2) is 43.1 Å². The van der Waals surface area contributed by atoms with Crippen molar-refractivity contribution in [3.8, 4) is 22.9 Å². The molecule has 2 heterocycles. The molecule has 1 saturated heterocycles. The molecule has 8 nitrogen and oxygen atoms in total. The Bertz CT molecular complexity index is 1190. The molecule has 0 amide bonds. The molecule has 0 N–H and O–H groups in total. The Morgan fingerprint density at radius 3 is 2.55 bits per heavy atom. The van der Waals surface area contributed by atoms with E-state index in [9.17, 15) is 8.42 Å². The molecule has 31 heavy (non-hydrogen) atoms. The van der Waals surface area contributed by atoms with E-state index in [1.54, 1.807) is 61.0 Å². The molecule has 9 heteroatoms. The summed E-state index contributed by atoms with van der Waals surface area (Å²) in [4.78, 5) is 4.87. The summed E-state index contributed by atoms with van der Waals surface area (Å²) in [5.74, 6) is 2.04. The minimum atomic E-state index is -3.67. The third-order valence-electron chi connectivity index (χ3n) is 6.18. The van der Waals surface area contributed by atoms with Gasteiger partial charge in [0, 0.05) is 11.6 Å². The molecule has 3 aromatic rings. The Hall–Kier alpha value is -2.91. The van der Waals surface area contributed by atoms with Crippen LogP contribution in [0.3, 0.4) is 0 Å². The van der Waals surface area contributed by atoms with E-state index in [0.717, 1.165) is 19.3 Å². The summed E-state index contributed by atoms with van der Waals surface area (Å²) >= 11 is 0. The molecule has 3 atom stereocenters. The van der Waals surface area contributed by atoms with E-state index >= 15 is 0 Å². The van der Waals surface area contributed by atoms with Crippen LogP contribution in [0.1, 0.15) is 31.2 Å². The molecule has 1 aliphatic carbocycles. The molecule has 2 aliphatic rings. The Kier molecular flexibility index (Phi) is 4.94. The number of hydrogen-bond donors (Lipinski definition) is 0. The lowest BCUT2D eigenvalue weighted by Crippen LogP contribution is -2.40. The first-order valence-corrected chi connectivity index (χ1v) is 11.6. The van der Waals surface area contributed by atoms with Gasteiger partial charge in [-0.3, -0.25) is 0 Å². The van der Waals surface area contributed by atoms with Crippen LogP contribution in [0.15, 0.2) is 57.9 Å². The van der Waals surface area contributed by atoms with Crippen molar-refractivity contribution in [3.05, 3.63) is 54.4 Å². The first kappa shape index (κ1) is 20.0. The highest BCUT2D eigenvalue weighted by molar-refractivity contribution is 7.89. The first-order chi connectivity index (χ1) is 15.0. The van der Waals surface area contributed by atoms with Gasteiger partial charge in [-0.2, -0.15) is 9.29 Å². The van der Waals surface area contributed by atoms with Crippen LogP contribution >= 0.6 is 0 Å². The van der Waals surface area contributed by atoms with Crippen molar-refractivity contribution < 1.29 is 22.4 Å². The van der Waals surface area contributed by atoms with Gasteiger partial charge in [-0.15, -0.1) is 0 Å². The second-order valence-electron chi connectivity index (χ2n) is 7.85. The summed E-state index contributed by atoms with van der Waals surface area (Å²) < 4.78 is 44.7. The second kappa shape index (κ2) is 7.65. The predicted molar refractivity (Wildman–Crippen MR) is 112 cm³/mol. The number of fused-ring (bicyclic) bond motifs is 2. The molecular weight excluding hydrogens is 418 g/mol. The van der Waals surface area contributed by atoms with Gasteiger partial charge >= 0.3 is 0 Å². The Labute approximate surface area is 180 Å². The van der Waals surface area contributed by atoms with Crippen molar-refractivity contribution in [1.29, 1.82) is 0 Å². The highest BCUT2D eigenvalue weighted by Gasteiger charge is 2.54.